The van der Waals surface area contributed by atoms with Crippen LogP contribution in [0.25, 0.3) is 10.9 Å². The minimum atomic E-state index is -0.919. The Morgan fingerprint density at radius 2 is 1.79 bits per heavy atom. The van der Waals surface area contributed by atoms with Crippen molar-refractivity contribution < 1.29 is 19.1 Å². The normalized spacial score (nSPS) is 10.7. The molecule has 0 aliphatic rings. The Kier molecular flexibility index (Phi) is 9.00. The zero-order valence-electron chi connectivity index (χ0n) is 18.5. The zero-order chi connectivity index (χ0) is 23.6. The lowest BCUT2D eigenvalue weighted by Gasteiger charge is -2.11. The summed E-state index contributed by atoms with van der Waals surface area (Å²) >= 11 is 3.52. The van der Waals surface area contributed by atoms with Crippen molar-refractivity contribution in [3.05, 3.63) is 52.9 Å². The molecule has 1 aromatic heterocycles. The van der Waals surface area contributed by atoms with Gasteiger partial charge in [0.05, 0.1) is 12.3 Å². The van der Waals surface area contributed by atoms with Crippen LogP contribution in [0.2, 0.25) is 0 Å². The van der Waals surface area contributed by atoms with E-state index in [1.165, 1.54) is 0 Å². The number of hydrogen-bond acceptors (Lipinski definition) is 6. The van der Waals surface area contributed by atoms with Crippen LogP contribution in [0.3, 0.4) is 0 Å². The van der Waals surface area contributed by atoms with E-state index in [1.54, 1.807) is 30.6 Å². The van der Waals surface area contributed by atoms with Gasteiger partial charge in [-0.15, -0.1) is 0 Å². The summed E-state index contributed by atoms with van der Waals surface area (Å²) < 4.78 is 11.8. The van der Waals surface area contributed by atoms with Gasteiger partial charge in [-0.2, -0.15) is 0 Å². The van der Waals surface area contributed by atoms with Gasteiger partial charge in [0.15, 0.2) is 5.75 Å². The van der Waals surface area contributed by atoms with Gasteiger partial charge in [0.1, 0.15) is 17.6 Å². The van der Waals surface area contributed by atoms with Crippen LogP contribution in [0.15, 0.2) is 47.2 Å². The Hall–Kier alpha value is -3.20. The molecule has 3 N–H and O–H groups in total. The predicted octanol–water partition coefficient (Wildman–Crippen LogP) is 5.52. The van der Waals surface area contributed by atoms with E-state index in [4.69, 9.17) is 15.2 Å². The summed E-state index contributed by atoms with van der Waals surface area (Å²) in [5, 5.41) is 3.74. The molecule has 0 atom stereocenters. The lowest BCUT2D eigenvalue weighted by atomic mass is 10.1. The fourth-order valence-electron chi connectivity index (χ4n) is 3.42. The number of benzene rings is 2. The van der Waals surface area contributed by atoms with Gasteiger partial charge in [-0.25, -0.2) is 14.8 Å². The molecule has 0 aliphatic heterocycles. The largest absolute Gasteiger partial charge is 0.491 e. The Morgan fingerprint density at radius 1 is 1.03 bits per heavy atom. The Morgan fingerprint density at radius 3 is 2.61 bits per heavy atom. The molecule has 3 aromatic rings. The summed E-state index contributed by atoms with van der Waals surface area (Å²) in [6, 6.07) is 10.6. The zero-order valence-corrected chi connectivity index (χ0v) is 20.1. The summed E-state index contributed by atoms with van der Waals surface area (Å²) in [7, 11) is 0. The number of primary amides is 1. The predicted molar refractivity (Wildman–Crippen MR) is 130 cm³/mol. The number of hydrogen-bond donors (Lipinski definition) is 2. The molecular weight excluding hydrogens is 488 g/mol. The molecule has 174 valence electrons. The highest BCUT2D eigenvalue weighted by molar-refractivity contribution is 9.10. The van der Waals surface area contributed by atoms with Crippen molar-refractivity contribution in [2.24, 2.45) is 5.73 Å². The number of carbonyl (C=O) groups excluding carboxylic acids is 2. The van der Waals surface area contributed by atoms with Crippen molar-refractivity contribution in [3.63, 3.8) is 0 Å². The number of carbonyl (C=O) groups is 2. The van der Waals surface area contributed by atoms with Crippen molar-refractivity contribution in [1.29, 1.82) is 0 Å². The van der Waals surface area contributed by atoms with Gasteiger partial charge in [-0.3, -0.25) is 4.79 Å². The number of para-hydroxylation sites is 2. The average molecular weight is 515 g/mol. The lowest BCUT2D eigenvalue weighted by Crippen LogP contribution is -2.18. The van der Waals surface area contributed by atoms with E-state index in [0.29, 0.717) is 18.7 Å². The van der Waals surface area contributed by atoms with E-state index < -0.39 is 6.09 Å². The Balaban J connectivity index is 1.34. The highest BCUT2D eigenvalue weighted by Crippen LogP contribution is 2.30. The third-order valence-corrected chi connectivity index (χ3v) is 5.50. The molecule has 0 radical (unpaired) electrons. The van der Waals surface area contributed by atoms with Crippen LogP contribution in [-0.4, -0.2) is 28.6 Å². The summed E-state index contributed by atoms with van der Waals surface area (Å²) in [5.74, 6) is 0.859. The number of amides is 2. The number of aromatic nitrogens is 2. The van der Waals surface area contributed by atoms with Crippen molar-refractivity contribution in [2.45, 2.75) is 45.4 Å². The maximum atomic E-state index is 12.2. The summed E-state index contributed by atoms with van der Waals surface area (Å²) in [6.45, 7) is 2.56. The first kappa shape index (κ1) is 24.4. The van der Waals surface area contributed by atoms with Crippen LogP contribution < -0.4 is 20.5 Å². The minimum absolute atomic E-state index is 0.127. The summed E-state index contributed by atoms with van der Waals surface area (Å²) in [5.41, 5.74) is 7.22. The Bertz CT molecular complexity index is 1120. The van der Waals surface area contributed by atoms with Gasteiger partial charge in [0.25, 0.3) is 0 Å². The number of ether oxygens (including phenoxy) is 2. The van der Waals surface area contributed by atoms with E-state index in [1.807, 2.05) is 19.1 Å². The maximum absolute atomic E-state index is 12.2. The molecule has 2 amide bonds. The standard InChI is InChI=1S/C24H27BrN4O4/c1-16-18-13-17(25)14-21(23(18)28-15-27-16)32-12-8-4-2-3-5-11-22(30)29-19-9-6-7-10-20(19)33-24(26)31/h6-7,9-10,13-15H,2-5,8,11-12H2,1H3,(H2,26,31)(H,29,30). The van der Waals surface area contributed by atoms with E-state index in [2.05, 4.69) is 31.2 Å². The van der Waals surface area contributed by atoms with Crippen LogP contribution in [0.5, 0.6) is 11.5 Å². The number of anilines is 1. The fourth-order valence-corrected chi connectivity index (χ4v) is 3.85. The SMILES string of the molecule is Cc1ncnc2c(OCCCCCCCC(=O)Nc3ccccc3OC(N)=O)cc(Br)cc12. The number of nitrogens with one attached hydrogen (secondary N) is 1. The lowest BCUT2D eigenvalue weighted by molar-refractivity contribution is -0.116. The third-order valence-electron chi connectivity index (χ3n) is 5.05. The highest BCUT2D eigenvalue weighted by Gasteiger charge is 2.10. The van der Waals surface area contributed by atoms with Crippen LogP contribution in [0.4, 0.5) is 10.5 Å². The molecule has 0 aliphatic carbocycles. The fraction of sp³-hybridized carbons (Fsp3) is 0.333. The summed E-state index contributed by atoms with van der Waals surface area (Å²) in [4.78, 5) is 31.7. The molecular formula is C24H27BrN4O4. The number of fused-ring (bicyclic) bond motifs is 1. The molecule has 0 unspecified atom stereocenters. The second-order valence-electron chi connectivity index (χ2n) is 7.59. The van der Waals surface area contributed by atoms with E-state index >= 15 is 0 Å². The van der Waals surface area contributed by atoms with E-state index in [-0.39, 0.29) is 11.7 Å². The molecule has 9 heteroatoms. The minimum Gasteiger partial charge on any atom is -0.491 e. The van der Waals surface area contributed by atoms with Crippen molar-refractivity contribution in [3.8, 4) is 11.5 Å². The van der Waals surface area contributed by atoms with E-state index in [9.17, 15) is 9.59 Å². The number of unbranched alkanes of at least 4 members (excludes halogenated alkanes) is 4. The quantitative estimate of drug-likeness (QED) is 0.325. The summed E-state index contributed by atoms with van der Waals surface area (Å²) in [6.07, 6.45) is 5.69. The molecule has 0 saturated heterocycles. The smallest absolute Gasteiger partial charge is 0.410 e. The maximum Gasteiger partial charge on any atom is 0.410 e. The first-order valence-electron chi connectivity index (χ1n) is 10.8. The monoisotopic (exact) mass is 514 g/mol. The molecule has 0 fully saturated rings. The molecule has 1 heterocycles. The third kappa shape index (κ3) is 7.42. The number of rotatable bonds is 11. The van der Waals surface area contributed by atoms with Gasteiger partial charge in [-0.1, -0.05) is 47.3 Å². The molecule has 0 bridgehead atoms. The molecule has 8 nitrogen and oxygen atoms in total. The van der Waals surface area contributed by atoms with Crippen molar-refractivity contribution >= 4 is 44.5 Å². The first-order valence-corrected chi connectivity index (χ1v) is 11.6. The second kappa shape index (κ2) is 12.2. The van der Waals surface area contributed by atoms with Gasteiger partial charge in [0, 0.05) is 22.0 Å². The van der Waals surface area contributed by atoms with Gasteiger partial charge in [0.2, 0.25) is 5.91 Å². The van der Waals surface area contributed by atoms with Crippen LogP contribution in [-0.2, 0) is 4.79 Å². The molecule has 3 rings (SSSR count). The number of nitrogens with two attached hydrogens (primary N) is 1. The van der Waals surface area contributed by atoms with E-state index in [0.717, 1.165) is 58.9 Å². The topological polar surface area (TPSA) is 116 Å². The van der Waals surface area contributed by atoms with Gasteiger partial charge in [-0.05, 0) is 44.0 Å². The molecule has 2 aromatic carbocycles. The highest BCUT2D eigenvalue weighted by atomic mass is 79.9. The van der Waals surface area contributed by atoms with Gasteiger partial charge >= 0.3 is 6.09 Å². The van der Waals surface area contributed by atoms with Crippen molar-refractivity contribution in [2.75, 3.05) is 11.9 Å². The van der Waals surface area contributed by atoms with Crippen molar-refractivity contribution in [1.82, 2.24) is 9.97 Å². The molecule has 33 heavy (non-hydrogen) atoms. The van der Waals surface area contributed by atoms with Crippen LogP contribution >= 0.6 is 15.9 Å². The number of nitrogens with zero attached hydrogens (tertiary/aromatic N) is 2. The number of halogens is 1. The average Bonchev–Trinajstić information content (AvgIpc) is 2.77. The first-order chi connectivity index (χ1) is 15.9. The number of aryl methyl sites for hydroxylation is 1. The Labute approximate surface area is 201 Å². The molecule has 0 spiro atoms. The van der Waals surface area contributed by atoms with Crippen LogP contribution in [0.1, 0.15) is 44.2 Å². The van der Waals surface area contributed by atoms with Crippen LogP contribution in [0, 0.1) is 6.92 Å². The molecule has 0 saturated carbocycles. The van der Waals surface area contributed by atoms with Gasteiger partial charge < -0.3 is 20.5 Å². The second-order valence-corrected chi connectivity index (χ2v) is 8.51.